The predicted octanol–water partition coefficient (Wildman–Crippen LogP) is -0.881. The van der Waals surface area contributed by atoms with Gasteiger partial charge < -0.3 is 16.4 Å². The molecule has 4 N–H and O–H groups in total. The molecule has 0 aromatic heterocycles. The highest BCUT2D eigenvalue weighted by Crippen LogP contribution is 2.06. The summed E-state index contributed by atoms with van der Waals surface area (Å²) < 4.78 is 0. The molecular weight excluding hydrogens is 182 g/mol. The molecule has 0 radical (unpaired) electrons. The average molecular weight is 199 g/mol. The van der Waals surface area contributed by atoms with Crippen molar-refractivity contribution in [1.29, 1.82) is 0 Å². The van der Waals surface area contributed by atoms with E-state index in [1.807, 2.05) is 6.92 Å². The number of hydrogen-bond acceptors (Lipinski definition) is 3. The van der Waals surface area contributed by atoms with E-state index in [0.29, 0.717) is 19.4 Å². The Kier molecular flexibility index (Phi) is 3.88. The van der Waals surface area contributed by atoms with Crippen LogP contribution in [0.3, 0.4) is 0 Å². The smallest absolute Gasteiger partial charge is 0.242 e. The Balaban J connectivity index is 2.38. The molecule has 1 fully saturated rings. The lowest BCUT2D eigenvalue weighted by Gasteiger charge is -2.17. The van der Waals surface area contributed by atoms with Crippen LogP contribution in [0.15, 0.2) is 0 Å². The summed E-state index contributed by atoms with van der Waals surface area (Å²) in [6, 6.07) is -0.344. The second kappa shape index (κ2) is 4.95. The van der Waals surface area contributed by atoms with Gasteiger partial charge in [0.25, 0.3) is 0 Å². The van der Waals surface area contributed by atoms with E-state index in [1.54, 1.807) is 0 Å². The molecule has 5 nitrogen and oxygen atoms in total. The van der Waals surface area contributed by atoms with Crippen LogP contribution in [0, 0.1) is 0 Å². The average Bonchev–Trinajstić information content (AvgIpc) is 2.61. The molecule has 1 saturated heterocycles. The first kappa shape index (κ1) is 11.0. The molecule has 5 heteroatoms. The van der Waals surface area contributed by atoms with Gasteiger partial charge in [0.2, 0.25) is 11.8 Å². The predicted molar refractivity (Wildman–Crippen MR) is 52.4 cm³/mol. The van der Waals surface area contributed by atoms with Crippen LogP contribution in [-0.2, 0) is 9.59 Å². The van der Waals surface area contributed by atoms with E-state index in [0.717, 1.165) is 6.42 Å². The lowest BCUT2D eigenvalue weighted by Crippen LogP contribution is -2.48. The van der Waals surface area contributed by atoms with Gasteiger partial charge in [0.1, 0.15) is 6.04 Å². The fourth-order valence-electron chi connectivity index (χ4n) is 1.44. The van der Waals surface area contributed by atoms with Gasteiger partial charge in [0.15, 0.2) is 0 Å². The molecule has 0 spiro atoms. The minimum Gasteiger partial charge on any atom is -0.350 e. The minimum atomic E-state index is -0.358. The van der Waals surface area contributed by atoms with Crippen molar-refractivity contribution in [3.8, 4) is 0 Å². The van der Waals surface area contributed by atoms with Crippen molar-refractivity contribution in [3.05, 3.63) is 0 Å². The zero-order valence-electron chi connectivity index (χ0n) is 8.38. The Labute approximate surface area is 83.4 Å². The molecule has 0 saturated carbocycles. The van der Waals surface area contributed by atoms with E-state index in [2.05, 4.69) is 10.6 Å². The number of carbonyl (C=O) groups is 2. The van der Waals surface area contributed by atoms with E-state index < -0.39 is 0 Å². The first-order valence-corrected chi connectivity index (χ1v) is 4.97. The summed E-state index contributed by atoms with van der Waals surface area (Å²) >= 11 is 0. The molecule has 1 heterocycles. The van der Waals surface area contributed by atoms with E-state index in [-0.39, 0.29) is 23.9 Å². The Morgan fingerprint density at radius 2 is 2.50 bits per heavy atom. The van der Waals surface area contributed by atoms with Crippen LogP contribution >= 0.6 is 0 Å². The summed E-state index contributed by atoms with van der Waals surface area (Å²) in [5.41, 5.74) is 5.46. The molecular formula is C9H17N3O2. The van der Waals surface area contributed by atoms with Crippen LogP contribution in [0.2, 0.25) is 0 Å². The van der Waals surface area contributed by atoms with Crippen LogP contribution < -0.4 is 16.4 Å². The standard InChI is InChI=1S/C9H17N3O2/c1-2-6(5-10)11-9(14)7-3-4-8(13)12-7/h6-7H,2-5,10H2,1H3,(H,11,14)(H,12,13). The molecule has 2 unspecified atom stereocenters. The van der Waals surface area contributed by atoms with Crippen molar-refractivity contribution in [2.45, 2.75) is 38.3 Å². The highest BCUT2D eigenvalue weighted by atomic mass is 16.2. The summed E-state index contributed by atoms with van der Waals surface area (Å²) in [6.45, 7) is 2.40. The number of nitrogens with two attached hydrogens (primary N) is 1. The zero-order valence-corrected chi connectivity index (χ0v) is 8.38. The normalized spacial score (nSPS) is 23.0. The van der Waals surface area contributed by atoms with Gasteiger partial charge in [-0.1, -0.05) is 6.92 Å². The molecule has 2 atom stereocenters. The third-order valence-electron chi connectivity index (χ3n) is 2.44. The third kappa shape index (κ3) is 2.70. The van der Waals surface area contributed by atoms with Gasteiger partial charge in [-0.2, -0.15) is 0 Å². The molecule has 0 aromatic carbocycles. The minimum absolute atomic E-state index is 0.0139. The van der Waals surface area contributed by atoms with E-state index in [4.69, 9.17) is 5.73 Å². The molecule has 14 heavy (non-hydrogen) atoms. The van der Waals surface area contributed by atoms with Gasteiger partial charge >= 0.3 is 0 Å². The second-order valence-electron chi connectivity index (χ2n) is 3.51. The van der Waals surface area contributed by atoms with Gasteiger partial charge in [-0.05, 0) is 12.8 Å². The Bertz CT molecular complexity index is 226. The highest BCUT2D eigenvalue weighted by Gasteiger charge is 2.27. The van der Waals surface area contributed by atoms with Crippen LogP contribution in [-0.4, -0.2) is 30.4 Å². The van der Waals surface area contributed by atoms with Crippen LogP contribution in [0.5, 0.6) is 0 Å². The summed E-state index contributed by atoms with van der Waals surface area (Å²) in [5, 5.41) is 5.42. The molecule has 0 aromatic rings. The SMILES string of the molecule is CCC(CN)NC(=O)C1CCC(=O)N1. The summed E-state index contributed by atoms with van der Waals surface area (Å²) in [4.78, 5) is 22.4. The Hall–Kier alpha value is -1.10. The molecule has 2 amide bonds. The zero-order chi connectivity index (χ0) is 10.6. The first-order chi connectivity index (χ1) is 6.67. The molecule has 0 aliphatic carbocycles. The van der Waals surface area contributed by atoms with Gasteiger partial charge in [0, 0.05) is 19.0 Å². The van der Waals surface area contributed by atoms with E-state index >= 15 is 0 Å². The van der Waals surface area contributed by atoms with Gasteiger partial charge in [-0.25, -0.2) is 0 Å². The van der Waals surface area contributed by atoms with E-state index in [1.165, 1.54) is 0 Å². The lowest BCUT2D eigenvalue weighted by molar-refractivity contribution is -0.126. The topological polar surface area (TPSA) is 84.2 Å². The van der Waals surface area contributed by atoms with Crippen LogP contribution in [0.25, 0.3) is 0 Å². The third-order valence-corrected chi connectivity index (χ3v) is 2.44. The van der Waals surface area contributed by atoms with Crippen molar-refractivity contribution in [2.24, 2.45) is 5.73 Å². The Morgan fingerprint density at radius 3 is 2.93 bits per heavy atom. The molecule has 1 rings (SSSR count). The van der Waals surface area contributed by atoms with Gasteiger partial charge in [-0.15, -0.1) is 0 Å². The number of nitrogens with one attached hydrogen (secondary N) is 2. The largest absolute Gasteiger partial charge is 0.350 e. The maximum absolute atomic E-state index is 11.5. The van der Waals surface area contributed by atoms with Crippen LogP contribution in [0.4, 0.5) is 0 Å². The number of carbonyl (C=O) groups excluding carboxylic acids is 2. The van der Waals surface area contributed by atoms with Gasteiger partial charge in [0.05, 0.1) is 0 Å². The van der Waals surface area contributed by atoms with Gasteiger partial charge in [-0.3, -0.25) is 9.59 Å². The quantitative estimate of drug-likeness (QED) is 0.549. The summed E-state index contributed by atoms with van der Waals surface area (Å²) in [7, 11) is 0. The maximum Gasteiger partial charge on any atom is 0.242 e. The maximum atomic E-state index is 11.5. The monoisotopic (exact) mass is 199 g/mol. The van der Waals surface area contributed by atoms with Crippen molar-refractivity contribution < 1.29 is 9.59 Å². The van der Waals surface area contributed by atoms with E-state index in [9.17, 15) is 9.59 Å². The molecule has 1 aliphatic rings. The Morgan fingerprint density at radius 1 is 1.79 bits per heavy atom. The fourth-order valence-corrected chi connectivity index (χ4v) is 1.44. The van der Waals surface area contributed by atoms with Crippen LogP contribution in [0.1, 0.15) is 26.2 Å². The molecule has 80 valence electrons. The van der Waals surface area contributed by atoms with Crippen molar-refractivity contribution in [3.63, 3.8) is 0 Å². The lowest BCUT2D eigenvalue weighted by atomic mass is 10.1. The van der Waals surface area contributed by atoms with Crippen molar-refractivity contribution in [2.75, 3.05) is 6.54 Å². The van der Waals surface area contributed by atoms with Crippen molar-refractivity contribution in [1.82, 2.24) is 10.6 Å². The van der Waals surface area contributed by atoms with Crippen molar-refractivity contribution >= 4 is 11.8 Å². The summed E-state index contributed by atoms with van der Waals surface area (Å²) in [5.74, 6) is -0.168. The second-order valence-corrected chi connectivity index (χ2v) is 3.51. The number of hydrogen-bond donors (Lipinski definition) is 3. The number of rotatable bonds is 4. The fraction of sp³-hybridized carbons (Fsp3) is 0.778. The summed E-state index contributed by atoms with van der Waals surface area (Å²) in [6.07, 6.45) is 1.84. The molecule has 1 aliphatic heterocycles. The highest BCUT2D eigenvalue weighted by molar-refractivity contribution is 5.90. The molecule has 0 bridgehead atoms. The number of amides is 2. The first-order valence-electron chi connectivity index (χ1n) is 4.97.